The Hall–Kier alpha value is 0.332. The van der Waals surface area contributed by atoms with Crippen LogP contribution in [0.4, 0.5) is 0 Å². The molecule has 5 nitrogen and oxygen atoms in total. The van der Waals surface area contributed by atoms with Gasteiger partial charge in [0.05, 0.1) is 46.2 Å². The topological polar surface area (TPSA) is 46.2 Å². The second-order valence-electron chi connectivity index (χ2n) is 7.94. The predicted octanol–water partition coefficient (Wildman–Crippen LogP) is 6.02. The average molecular weight is 447 g/mol. The van der Waals surface area contributed by atoms with Gasteiger partial charge >= 0.3 is 14.5 Å². The van der Waals surface area contributed by atoms with E-state index in [0.29, 0.717) is 46.2 Å². The van der Waals surface area contributed by atoms with Crippen LogP contribution in [0.2, 0.25) is 10.6 Å². The first-order valence-corrected chi connectivity index (χ1v) is 14.9. The van der Waals surface area contributed by atoms with Gasteiger partial charge in [0.2, 0.25) is 0 Å². The third-order valence-corrected chi connectivity index (χ3v) is 7.78. The molecule has 0 heterocycles. The van der Waals surface area contributed by atoms with Crippen LogP contribution in [-0.2, 0) is 22.7 Å². The van der Waals surface area contributed by atoms with E-state index < -0.39 is 14.5 Å². The molecule has 6 heteroatoms. The lowest BCUT2D eigenvalue weighted by atomic mass is 10.1. The number of hydrogen-bond acceptors (Lipinski definition) is 5. The van der Waals surface area contributed by atoms with Gasteiger partial charge in [-0.2, -0.15) is 0 Å². The largest absolute Gasteiger partial charge is 0.499 e. The van der Waals surface area contributed by atoms with Crippen LogP contribution in [0.15, 0.2) is 0 Å². The molecule has 30 heavy (non-hydrogen) atoms. The van der Waals surface area contributed by atoms with E-state index >= 15 is 0 Å². The summed E-state index contributed by atoms with van der Waals surface area (Å²) >= 11 is -0.932. The van der Waals surface area contributed by atoms with Gasteiger partial charge in [-0.25, -0.2) is 0 Å². The van der Waals surface area contributed by atoms with Crippen molar-refractivity contribution in [3.8, 4) is 0 Å². The maximum Gasteiger partial charge on any atom is 0.460 e. The van der Waals surface area contributed by atoms with Crippen LogP contribution in [0.3, 0.4) is 0 Å². The summed E-state index contributed by atoms with van der Waals surface area (Å²) < 4.78 is 28.0. The Balaban J connectivity index is 3.03. The first-order chi connectivity index (χ1) is 14.8. The highest BCUT2D eigenvalue weighted by Gasteiger charge is 2.13. The summed E-state index contributed by atoms with van der Waals surface area (Å²) in [5, 5.41) is 2.40. The minimum atomic E-state index is -0.932. The summed E-state index contributed by atoms with van der Waals surface area (Å²) in [7, 11) is 0. The minimum absolute atomic E-state index is 0.610. The van der Waals surface area contributed by atoms with Gasteiger partial charge in [-0.15, -0.1) is 0 Å². The molecule has 0 bridgehead atoms. The Morgan fingerprint density at radius 3 is 1.20 bits per heavy atom. The van der Waals surface area contributed by atoms with Gasteiger partial charge in [0.15, 0.2) is 0 Å². The average Bonchev–Trinajstić information content (AvgIpc) is 2.77. The fraction of sp³-hybridized carbons (Fsp3) is 1.00. The van der Waals surface area contributed by atoms with E-state index in [1.165, 1.54) is 74.8 Å². The van der Waals surface area contributed by atoms with Crippen molar-refractivity contribution in [2.45, 2.75) is 95.5 Å². The number of rotatable bonds is 26. The summed E-state index contributed by atoms with van der Waals surface area (Å²) in [4.78, 5) is 0. The van der Waals surface area contributed by atoms with Crippen molar-refractivity contribution in [2.75, 3.05) is 59.5 Å². The molecule has 0 amide bonds. The van der Waals surface area contributed by atoms with E-state index in [4.69, 9.17) is 22.7 Å². The van der Waals surface area contributed by atoms with Crippen LogP contribution in [0.1, 0.15) is 85.0 Å². The van der Waals surface area contributed by atoms with Crippen molar-refractivity contribution in [3.05, 3.63) is 0 Å². The molecule has 0 saturated carbocycles. The minimum Gasteiger partial charge on any atom is -0.499 e. The molecule has 0 aliphatic heterocycles. The van der Waals surface area contributed by atoms with Crippen LogP contribution < -0.4 is 0 Å². The molecule has 0 rings (SSSR count). The highest BCUT2D eigenvalue weighted by Crippen LogP contribution is 2.10. The predicted molar refractivity (Wildman–Crippen MR) is 128 cm³/mol. The molecule has 0 unspecified atom stereocenters. The molecule has 0 radical (unpaired) electrons. The Kier molecular flexibility index (Phi) is 27.7. The summed E-state index contributed by atoms with van der Waals surface area (Å²) in [5.41, 5.74) is 0. The third-order valence-electron chi connectivity index (χ3n) is 5.25. The van der Waals surface area contributed by atoms with Gasteiger partial charge < -0.3 is 22.7 Å². The molecule has 0 aromatic rings. The summed E-state index contributed by atoms with van der Waals surface area (Å²) in [6.45, 7) is 12.7. The van der Waals surface area contributed by atoms with Crippen LogP contribution in [0.5, 0.6) is 0 Å². The smallest absolute Gasteiger partial charge is 0.460 e. The summed E-state index contributed by atoms with van der Waals surface area (Å²) in [6, 6.07) is 0. The number of unbranched alkanes of at least 4 members (excludes halogenated alkanes) is 9. The van der Waals surface area contributed by atoms with Gasteiger partial charge in [0, 0.05) is 13.2 Å². The molecular formula is C24H51AlO5. The molecule has 180 valence electrons. The van der Waals surface area contributed by atoms with Crippen LogP contribution >= 0.6 is 0 Å². The SMILES string of the molecule is CCCCCCCCCCCCOCCOCCOCCOCC[O][Al]([CH2]C)[CH2]C. The molecule has 0 aromatic carbocycles. The Morgan fingerprint density at radius 2 is 0.767 bits per heavy atom. The Morgan fingerprint density at radius 1 is 0.400 bits per heavy atom. The fourth-order valence-electron chi connectivity index (χ4n) is 3.25. The molecule has 0 spiro atoms. The highest BCUT2D eigenvalue weighted by atomic mass is 27.2. The first-order valence-electron chi connectivity index (χ1n) is 12.8. The zero-order valence-corrected chi connectivity index (χ0v) is 21.6. The molecule has 0 fully saturated rings. The zero-order valence-electron chi connectivity index (χ0n) is 20.5. The lowest BCUT2D eigenvalue weighted by molar-refractivity contribution is -0.00499. The van der Waals surface area contributed by atoms with Crippen molar-refractivity contribution < 1.29 is 22.7 Å². The quantitative estimate of drug-likeness (QED) is 0.120. The normalized spacial score (nSPS) is 11.3. The van der Waals surface area contributed by atoms with Crippen molar-refractivity contribution in [1.29, 1.82) is 0 Å². The van der Waals surface area contributed by atoms with Crippen LogP contribution in [0, 0.1) is 0 Å². The molecule has 0 aliphatic carbocycles. The van der Waals surface area contributed by atoms with E-state index in [1.807, 2.05) is 0 Å². The van der Waals surface area contributed by atoms with Crippen LogP contribution in [-0.4, -0.2) is 73.9 Å². The van der Waals surface area contributed by atoms with E-state index in [2.05, 4.69) is 20.8 Å². The first kappa shape index (κ1) is 30.3. The lowest BCUT2D eigenvalue weighted by Gasteiger charge is -2.10. The zero-order chi connectivity index (χ0) is 22.0. The van der Waals surface area contributed by atoms with E-state index in [9.17, 15) is 0 Å². The van der Waals surface area contributed by atoms with E-state index in [0.717, 1.165) is 13.2 Å². The highest BCUT2D eigenvalue weighted by molar-refractivity contribution is 6.51. The van der Waals surface area contributed by atoms with E-state index in [-0.39, 0.29) is 0 Å². The van der Waals surface area contributed by atoms with Crippen molar-refractivity contribution >= 4 is 14.5 Å². The number of ether oxygens (including phenoxy) is 4. The second-order valence-corrected chi connectivity index (χ2v) is 11.2. The molecular weight excluding hydrogens is 395 g/mol. The molecule has 0 atom stereocenters. The van der Waals surface area contributed by atoms with Gasteiger partial charge in [0.1, 0.15) is 0 Å². The summed E-state index contributed by atoms with van der Waals surface area (Å²) in [6.07, 6.45) is 13.6. The summed E-state index contributed by atoms with van der Waals surface area (Å²) in [5.74, 6) is 0. The molecule has 0 saturated heterocycles. The van der Waals surface area contributed by atoms with Gasteiger partial charge in [0.25, 0.3) is 0 Å². The maximum absolute atomic E-state index is 5.83. The van der Waals surface area contributed by atoms with Gasteiger partial charge in [-0.3, -0.25) is 0 Å². The third kappa shape index (κ3) is 24.6. The standard InChI is InChI=1S/C20H41O5.2C2H5.Al/c1-2-3-4-5-6-7-8-9-10-11-13-22-15-17-24-19-20-25-18-16-23-14-12-21;2*1-2;/h2-20H2,1H3;2*1H2,2H3;/q-1;;;+1. The molecule has 0 aliphatic rings. The van der Waals surface area contributed by atoms with Gasteiger partial charge in [-0.1, -0.05) is 89.1 Å². The van der Waals surface area contributed by atoms with Gasteiger partial charge in [-0.05, 0) is 6.42 Å². The van der Waals surface area contributed by atoms with Crippen molar-refractivity contribution in [2.24, 2.45) is 0 Å². The second kappa shape index (κ2) is 27.4. The fourth-order valence-corrected chi connectivity index (χ4v) is 4.73. The number of hydrogen-bond donors (Lipinski definition) is 0. The van der Waals surface area contributed by atoms with Crippen LogP contribution in [0.25, 0.3) is 0 Å². The Labute approximate surface area is 192 Å². The lowest BCUT2D eigenvalue weighted by Crippen LogP contribution is -2.19. The molecule has 0 N–H and O–H groups in total. The van der Waals surface area contributed by atoms with E-state index in [1.54, 1.807) is 0 Å². The monoisotopic (exact) mass is 446 g/mol. The van der Waals surface area contributed by atoms with Crippen molar-refractivity contribution in [1.82, 2.24) is 0 Å². The van der Waals surface area contributed by atoms with Crippen molar-refractivity contribution in [3.63, 3.8) is 0 Å². The Bertz CT molecular complexity index is 303. The molecule has 0 aromatic heterocycles. The maximum atomic E-state index is 5.83.